The Kier molecular flexibility index (Phi) is 6.08. The molecule has 8 heteroatoms. The van der Waals surface area contributed by atoms with Crippen LogP contribution in [0.25, 0.3) is 11.4 Å². The van der Waals surface area contributed by atoms with E-state index in [1.165, 1.54) is 0 Å². The zero-order chi connectivity index (χ0) is 23.5. The third-order valence-corrected chi connectivity index (χ3v) is 5.09. The molecule has 33 heavy (non-hydrogen) atoms. The van der Waals surface area contributed by atoms with Gasteiger partial charge in [-0.3, -0.25) is 0 Å². The van der Waals surface area contributed by atoms with Crippen LogP contribution in [0.4, 0.5) is 0 Å². The molecule has 0 amide bonds. The molecule has 4 aromatic rings. The molecule has 0 saturated heterocycles. The first-order valence-corrected chi connectivity index (χ1v) is 10.4. The van der Waals surface area contributed by atoms with Crippen LogP contribution in [-0.4, -0.2) is 38.3 Å². The fraction of sp³-hybridized carbons (Fsp3) is 0.200. The van der Waals surface area contributed by atoms with Crippen LogP contribution >= 0.6 is 0 Å². The lowest BCUT2D eigenvalue weighted by Gasteiger charge is -2.09. The topological polar surface area (TPSA) is 88.2 Å². The van der Waals surface area contributed by atoms with Crippen LogP contribution in [0.15, 0.2) is 60.7 Å². The van der Waals surface area contributed by atoms with Crippen LogP contribution in [0.5, 0.6) is 0 Å². The summed E-state index contributed by atoms with van der Waals surface area (Å²) in [4.78, 5) is 24.5. The second-order valence-corrected chi connectivity index (χ2v) is 7.75. The fourth-order valence-corrected chi connectivity index (χ4v) is 3.56. The van der Waals surface area contributed by atoms with Gasteiger partial charge in [-0.25, -0.2) is 19.0 Å². The predicted octanol–water partition coefficient (Wildman–Crippen LogP) is 4.26. The second kappa shape index (κ2) is 9.12. The van der Waals surface area contributed by atoms with E-state index in [-0.39, 0.29) is 0 Å². The predicted molar refractivity (Wildman–Crippen MR) is 122 cm³/mol. The van der Waals surface area contributed by atoms with Gasteiger partial charge in [0.15, 0.2) is 0 Å². The molecule has 0 aliphatic rings. The number of carbonyl (C=O) groups excluding carboxylic acids is 2. The Balaban J connectivity index is 1.31. The van der Waals surface area contributed by atoms with Gasteiger partial charge in [-0.1, -0.05) is 0 Å². The number of esters is 2. The lowest BCUT2D eigenvalue weighted by atomic mass is 10.2. The molecule has 0 aliphatic carbocycles. The fourth-order valence-electron chi connectivity index (χ4n) is 3.56. The highest BCUT2D eigenvalue weighted by molar-refractivity contribution is 5.91. The van der Waals surface area contributed by atoms with Gasteiger partial charge in [-0.2, -0.15) is 10.2 Å². The summed E-state index contributed by atoms with van der Waals surface area (Å²) in [6.07, 6.45) is 0. The zero-order valence-electron chi connectivity index (χ0n) is 18.9. The quantitative estimate of drug-likeness (QED) is 0.326. The third-order valence-electron chi connectivity index (χ3n) is 5.09. The van der Waals surface area contributed by atoms with Crippen LogP contribution in [0.3, 0.4) is 0 Å². The molecular formula is C25H24N4O4. The van der Waals surface area contributed by atoms with Crippen molar-refractivity contribution in [3.63, 3.8) is 0 Å². The van der Waals surface area contributed by atoms with Gasteiger partial charge >= 0.3 is 11.9 Å². The molecule has 0 N–H and O–H groups in total. The van der Waals surface area contributed by atoms with Gasteiger partial charge in [0.1, 0.15) is 0 Å². The molecule has 0 aliphatic heterocycles. The van der Waals surface area contributed by atoms with E-state index < -0.39 is 18.7 Å². The van der Waals surface area contributed by atoms with Crippen molar-refractivity contribution in [3.05, 3.63) is 94.6 Å². The van der Waals surface area contributed by atoms with Crippen LogP contribution in [-0.2, 0) is 9.47 Å². The highest BCUT2D eigenvalue weighted by Crippen LogP contribution is 2.15. The SMILES string of the molecule is Cc1cc(C)n(-c2ccc(C(=O)OCOC(=O)c3ccc(-n4nc(C)cc4C)cc3)cc2)n1. The lowest BCUT2D eigenvalue weighted by Crippen LogP contribution is -2.13. The Morgan fingerprint density at radius 1 is 0.667 bits per heavy atom. The van der Waals surface area contributed by atoms with E-state index in [4.69, 9.17) is 9.47 Å². The summed E-state index contributed by atoms with van der Waals surface area (Å²) < 4.78 is 13.8. The Morgan fingerprint density at radius 3 is 1.33 bits per heavy atom. The number of ether oxygens (including phenoxy) is 2. The van der Waals surface area contributed by atoms with Crippen LogP contribution < -0.4 is 0 Å². The van der Waals surface area contributed by atoms with Crippen LogP contribution in [0, 0.1) is 27.7 Å². The van der Waals surface area contributed by atoms with Crippen molar-refractivity contribution >= 4 is 11.9 Å². The number of aromatic nitrogens is 4. The van der Waals surface area contributed by atoms with E-state index in [0.29, 0.717) is 11.1 Å². The number of nitrogens with zero attached hydrogens (tertiary/aromatic N) is 4. The molecule has 0 bridgehead atoms. The molecule has 0 radical (unpaired) electrons. The maximum Gasteiger partial charge on any atom is 0.341 e. The normalized spacial score (nSPS) is 10.8. The average Bonchev–Trinajstić information content (AvgIpc) is 3.33. The van der Waals surface area contributed by atoms with Gasteiger partial charge in [0.25, 0.3) is 0 Å². The smallest absolute Gasteiger partial charge is 0.341 e. The Bertz CT molecular complexity index is 1200. The van der Waals surface area contributed by atoms with E-state index in [2.05, 4.69) is 10.2 Å². The van der Waals surface area contributed by atoms with Crippen molar-refractivity contribution in [3.8, 4) is 11.4 Å². The average molecular weight is 444 g/mol. The van der Waals surface area contributed by atoms with Crippen molar-refractivity contribution in [1.82, 2.24) is 19.6 Å². The van der Waals surface area contributed by atoms with Crippen molar-refractivity contribution < 1.29 is 19.1 Å². The van der Waals surface area contributed by atoms with Crippen molar-refractivity contribution in [2.45, 2.75) is 27.7 Å². The summed E-state index contributed by atoms with van der Waals surface area (Å²) in [7, 11) is 0. The van der Waals surface area contributed by atoms with E-state index in [9.17, 15) is 9.59 Å². The van der Waals surface area contributed by atoms with Crippen LogP contribution in [0.2, 0.25) is 0 Å². The van der Waals surface area contributed by atoms with Gasteiger partial charge in [0.05, 0.1) is 33.9 Å². The Morgan fingerprint density at radius 2 is 1.03 bits per heavy atom. The largest absolute Gasteiger partial charge is 0.424 e. The number of benzene rings is 2. The molecule has 4 rings (SSSR count). The number of hydrogen-bond acceptors (Lipinski definition) is 6. The van der Waals surface area contributed by atoms with Crippen molar-refractivity contribution in [1.29, 1.82) is 0 Å². The molecule has 0 atom stereocenters. The molecule has 2 heterocycles. The minimum Gasteiger partial charge on any atom is -0.424 e. The molecule has 8 nitrogen and oxygen atoms in total. The van der Waals surface area contributed by atoms with Crippen LogP contribution in [0.1, 0.15) is 43.5 Å². The first-order chi connectivity index (χ1) is 15.8. The van der Waals surface area contributed by atoms with E-state index in [1.54, 1.807) is 57.9 Å². The third kappa shape index (κ3) is 4.85. The van der Waals surface area contributed by atoms with Crippen molar-refractivity contribution in [2.24, 2.45) is 0 Å². The lowest BCUT2D eigenvalue weighted by molar-refractivity contribution is -0.0167. The summed E-state index contributed by atoms with van der Waals surface area (Å²) in [5.41, 5.74) is 6.21. The second-order valence-electron chi connectivity index (χ2n) is 7.75. The summed E-state index contributed by atoms with van der Waals surface area (Å²) in [5.74, 6) is -1.16. The van der Waals surface area contributed by atoms with Crippen molar-refractivity contribution in [2.75, 3.05) is 6.79 Å². The first-order valence-electron chi connectivity index (χ1n) is 10.4. The summed E-state index contributed by atoms with van der Waals surface area (Å²) in [5, 5.41) is 8.84. The van der Waals surface area contributed by atoms with Gasteiger partial charge in [0, 0.05) is 11.4 Å². The molecule has 0 unspecified atom stereocenters. The zero-order valence-corrected chi connectivity index (χ0v) is 18.9. The Hall–Kier alpha value is -4.20. The molecular weight excluding hydrogens is 420 g/mol. The van der Waals surface area contributed by atoms with E-state index in [1.807, 2.05) is 39.8 Å². The minimum absolute atomic E-state index is 0.352. The molecule has 168 valence electrons. The van der Waals surface area contributed by atoms with Gasteiger partial charge < -0.3 is 9.47 Å². The first kappa shape index (κ1) is 22.0. The molecule has 0 spiro atoms. The van der Waals surface area contributed by atoms with Gasteiger partial charge in [-0.15, -0.1) is 0 Å². The van der Waals surface area contributed by atoms with Gasteiger partial charge in [-0.05, 0) is 88.4 Å². The number of aryl methyl sites for hydroxylation is 4. The maximum atomic E-state index is 12.3. The van der Waals surface area contributed by atoms with E-state index in [0.717, 1.165) is 34.2 Å². The number of hydrogen-bond donors (Lipinski definition) is 0. The number of rotatable bonds is 6. The molecule has 0 saturated carbocycles. The monoisotopic (exact) mass is 444 g/mol. The van der Waals surface area contributed by atoms with Gasteiger partial charge in [0.2, 0.25) is 6.79 Å². The summed E-state index contributed by atoms with van der Waals surface area (Å²) in [6.45, 7) is 7.29. The molecule has 2 aromatic carbocycles. The Labute approximate surface area is 191 Å². The summed E-state index contributed by atoms with van der Waals surface area (Å²) in [6, 6.07) is 17.7. The number of carbonyl (C=O) groups is 2. The molecule has 2 aromatic heterocycles. The highest BCUT2D eigenvalue weighted by atomic mass is 16.7. The molecule has 0 fully saturated rings. The highest BCUT2D eigenvalue weighted by Gasteiger charge is 2.12. The summed E-state index contributed by atoms with van der Waals surface area (Å²) >= 11 is 0. The maximum absolute atomic E-state index is 12.3. The standard InChI is InChI=1S/C25H24N4O4/c1-16-13-18(3)28(26-16)22-9-5-20(6-10-22)24(30)32-15-33-25(31)21-7-11-23(12-8-21)29-19(4)14-17(2)27-29/h5-14H,15H2,1-4H3. The van der Waals surface area contributed by atoms with E-state index >= 15 is 0 Å². The minimum atomic E-state index is -0.581.